The highest BCUT2D eigenvalue weighted by Crippen LogP contribution is 2.24. The van der Waals surface area contributed by atoms with Gasteiger partial charge in [0.1, 0.15) is 0 Å². The maximum atomic E-state index is 12.5. The van der Waals surface area contributed by atoms with Gasteiger partial charge in [0.05, 0.1) is 27.6 Å². The first kappa shape index (κ1) is 20.5. The number of sulfonamides is 1. The van der Waals surface area contributed by atoms with Gasteiger partial charge in [-0.2, -0.15) is 0 Å². The van der Waals surface area contributed by atoms with Crippen LogP contribution in [0.3, 0.4) is 0 Å². The van der Waals surface area contributed by atoms with Crippen molar-refractivity contribution in [2.45, 2.75) is 17.2 Å². The Morgan fingerprint density at radius 3 is 2.20 bits per heavy atom. The van der Waals surface area contributed by atoms with Crippen molar-refractivity contribution in [3.8, 4) is 0 Å². The van der Waals surface area contributed by atoms with Crippen LogP contribution in [0.25, 0.3) is 0 Å². The van der Waals surface area contributed by atoms with Crippen LogP contribution < -0.4 is 4.72 Å². The zero-order valence-electron chi connectivity index (χ0n) is 15.5. The topological polar surface area (TPSA) is 96.4 Å². The third kappa shape index (κ3) is 3.96. The predicted molar refractivity (Wildman–Crippen MR) is 114 cm³/mol. The predicted octanol–water partition coefficient (Wildman–Crippen LogP) is 3.52. The number of hydrogen-bond donors (Lipinski definition) is 1. The number of carbonyl (C=O) groups is 2. The van der Waals surface area contributed by atoms with Gasteiger partial charge in [0.25, 0.3) is 21.8 Å². The van der Waals surface area contributed by atoms with E-state index in [0.29, 0.717) is 23.2 Å². The molecule has 7 nitrogen and oxygen atoms in total. The minimum Gasteiger partial charge on any atom is -0.274 e. The first-order valence-electron chi connectivity index (χ1n) is 8.96. The molecule has 4 rings (SSSR count). The Kier molecular flexibility index (Phi) is 5.59. The van der Waals surface area contributed by atoms with Crippen molar-refractivity contribution in [1.29, 1.82) is 0 Å². The second-order valence-electron chi connectivity index (χ2n) is 6.58. The van der Waals surface area contributed by atoms with Gasteiger partial charge in [-0.25, -0.2) is 13.4 Å². The van der Waals surface area contributed by atoms with Crippen molar-refractivity contribution in [1.82, 2.24) is 9.88 Å². The summed E-state index contributed by atoms with van der Waals surface area (Å²) in [6, 6.07) is 13.0. The number of imide groups is 1. The molecule has 2 amide bonds. The molecule has 1 aliphatic heterocycles. The van der Waals surface area contributed by atoms with E-state index in [9.17, 15) is 18.0 Å². The molecule has 2 heterocycles. The number of fused-ring (bicyclic) bond motifs is 1. The minimum atomic E-state index is -3.77. The second kappa shape index (κ2) is 8.17. The highest BCUT2D eigenvalue weighted by atomic mass is 35.5. The van der Waals surface area contributed by atoms with E-state index >= 15 is 0 Å². The van der Waals surface area contributed by atoms with Crippen molar-refractivity contribution in [3.63, 3.8) is 0 Å². The summed E-state index contributed by atoms with van der Waals surface area (Å²) in [6.07, 6.45) is 0.421. The maximum Gasteiger partial charge on any atom is 0.263 e. The average Bonchev–Trinajstić information content (AvgIpc) is 3.29. The Bertz CT molecular complexity index is 1190. The Labute approximate surface area is 182 Å². The number of nitrogens with zero attached hydrogens (tertiary/aromatic N) is 2. The molecule has 2 aromatic carbocycles. The molecule has 3 aromatic rings. The van der Waals surface area contributed by atoms with Crippen molar-refractivity contribution in [3.05, 3.63) is 76.3 Å². The number of benzene rings is 2. The molecule has 0 bridgehead atoms. The monoisotopic (exact) mass is 461 g/mol. The molecule has 10 heteroatoms. The largest absolute Gasteiger partial charge is 0.274 e. The molecule has 0 aliphatic carbocycles. The molecule has 0 radical (unpaired) electrons. The number of hydrogen-bond acceptors (Lipinski definition) is 6. The lowest BCUT2D eigenvalue weighted by Crippen LogP contribution is -2.31. The lowest BCUT2D eigenvalue weighted by Gasteiger charge is -2.14. The SMILES string of the molecule is O=C1c2ccccc2C(=O)N1CCc1ccc(S(=O)(=O)Nc2nc(CCl)cs2)cc1. The number of halogens is 1. The van der Waals surface area contributed by atoms with Crippen molar-refractivity contribution in [2.24, 2.45) is 0 Å². The van der Waals surface area contributed by atoms with Crippen molar-refractivity contribution >= 4 is 49.9 Å². The molecule has 30 heavy (non-hydrogen) atoms. The van der Waals surface area contributed by atoms with E-state index < -0.39 is 10.0 Å². The van der Waals surface area contributed by atoms with Crippen LogP contribution in [0.1, 0.15) is 32.0 Å². The van der Waals surface area contributed by atoms with Crippen LogP contribution in [0.15, 0.2) is 58.8 Å². The van der Waals surface area contributed by atoms with E-state index in [0.717, 1.165) is 16.9 Å². The van der Waals surface area contributed by atoms with Gasteiger partial charge in [0, 0.05) is 11.9 Å². The van der Waals surface area contributed by atoms with E-state index in [1.54, 1.807) is 41.8 Å². The van der Waals surface area contributed by atoms with Crippen LogP contribution in [0.5, 0.6) is 0 Å². The van der Waals surface area contributed by atoms with Gasteiger partial charge in [0.2, 0.25) is 0 Å². The first-order chi connectivity index (χ1) is 14.4. The normalized spacial score (nSPS) is 13.6. The lowest BCUT2D eigenvalue weighted by molar-refractivity contribution is 0.0656. The molecule has 1 N–H and O–H groups in total. The van der Waals surface area contributed by atoms with Crippen LogP contribution in [0.4, 0.5) is 5.13 Å². The summed E-state index contributed by atoms with van der Waals surface area (Å²) < 4.78 is 27.5. The van der Waals surface area contributed by atoms with Gasteiger partial charge >= 0.3 is 0 Å². The molecule has 0 saturated heterocycles. The van der Waals surface area contributed by atoms with Gasteiger partial charge in [-0.05, 0) is 36.2 Å². The van der Waals surface area contributed by atoms with Crippen molar-refractivity contribution in [2.75, 3.05) is 11.3 Å². The van der Waals surface area contributed by atoms with Crippen molar-refractivity contribution < 1.29 is 18.0 Å². The Morgan fingerprint density at radius 1 is 1.00 bits per heavy atom. The summed E-state index contributed by atoms with van der Waals surface area (Å²) >= 11 is 6.85. The summed E-state index contributed by atoms with van der Waals surface area (Å²) in [4.78, 5) is 30.2. The summed E-state index contributed by atoms with van der Waals surface area (Å²) in [5.41, 5.74) is 2.23. The van der Waals surface area contributed by atoms with E-state index in [1.807, 2.05) is 0 Å². The molecule has 0 fully saturated rings. The molecular weight excluding hydrogens is 446 g/mol. The number of rotatable bonds is 7. The highest BCUT2D eigenvalue weighted by Gasteiger charge is 2.34. The van der Waals surface area contributed by atoms with Crippen LogP contribution in [0, 0.1) is 0 Å². The summed E-state index contributed by atoms with van der Waals surface area (Å²) in [5.74, 6) is -0.405. The van der Waals surface area contributed by atoms with Crippen LogP contribution in [0.2, 0.25) is 0 Å². The number of thiazole rings is 1. The smallest absolute Gasteiger partial charge is 0.263 e. The highest BCUT2D eigenvalue weighted by molar-refractivity contribution is 7.93. The number of aromatic nitrogens is 1. The van der Waals surface area contributed by atoms with Crippen LogP contribution in [-0.2, 0) is 22.3 Å². The van der Waals surface area contributed by atoms with E-state index in [4.69, 9.17) is 11.6 Å². The third-order valence-electron chi connectivity index (χ3n) is 4.65. The fraction of sp³-hybridized carbons (Fsp3) is 0.150. The van der Waals surface area contributed by atoms with Crippen LogP contribution >= 0.6 is 22.9 Å². The summed E-state index contributed by atoms with van der Waals surface area (Å²) in [5, 5.41) is 1.94. The fourth-order valence-electron chi connectivity index (χ4n) is 3.11. The maximum absolute atomic E-state index is 12.5. The zero-order chi connectivity index (χ0) is 21.3. The molecule has 1 aliphatic rings. The molecule has 1 aromatic heterocycles. The number of anilines is 1. The first-order valence-corrected chi connectivity index (χ1v) is 11.9. The lowest BCUT2D eigenvalue weighted by atomic mass is 10.1. The minimum absolute atomic E-state index is 0.0922. The number of carbonyl (C=O) groups excluding carboxylic acids is 2. The van der Waals surface area contributed by atoms with E-state index in [2.05, 4.69) is 9.71 Å². The van der Waals surface area contributed by atoms with E-state index in [1.165, 1.54) is 17.0 Å². The zero-order valence-corrected chi connectivity index (χ0v) is 17.9. The standard InChI is InChI=1S/C20H16ClN3O4S2/c21-11-14-12-29-20(22-14)23-30(27,28)15-7-5-13(6-8-15)9-10-24-18(25)16-3-1-2-4-17(16)19(24)26/h1-8,12H,9-11H2,(H,22,23). The fourth-order valence-corrected chi connectivity index (χ4v) is 5.30. The summed E-state index contributed by atoms with van der Waals surface area (Å²) in [7, 11) is -3.77. The Balaban J connectivity index is 1.42. The van der Waals surface area contributed by atoms with Crippen LogP contribution in [-0.4, -0.2) is 36.7 Å². The second-order valence-corrected chi connectivity index (χ2v) is 9.39. The molecule has 154 valence electrons. The quantitative estimate of drug-likeness (QED) is 0.429. The Hall–Kier alpha value is -2.75. The molecule has 0 saturated carbocycles. The van der Waals surface area contributed by atoms with Gasteiger partial charge in [0.15, 0.2) is 5.13 Å². The molecule has 0 atom stereocenters. The van der Waals surface area contributed by atoms with E-state index in [-0.39, 0.29) is 34.3 Å². The molecule has 0 spiro atoms. The third-order valence-corrected chi connectivity index (χ3v) is 7.21. The molecule has 0 unspecified atom stereocenters. The van der Waals surface area contributed by atoms with Gasteiger partial charge < -0.3 is 0 Å². The number of amides is 2. The van der Waals surface area contributed by atoms with Gasteiger partial charge in [-0.3, -0.25) is 19.2 Å². The summed E-state index contributed by atoms with van der Waals surface area (Å²) in [6.45, 7) is 0.219. The number of nitrogens with one attached hydrogen (secondary N) is 1. The Morgan fingerprint density at radius 2 is 1.63 bits per heavy atom. The number of alkyl halides is 1. The van der Waals surface area contributed by atoms with Gasteiger partial charge in [-0.1, -0.05) is 24.3 Å². The molecular formula is C20H16ClN3O4S2. The average molecular weight is 462 g/mol. The van der Waals surface area contributed by atoms with Gasteiger partial charge in [-0.15, -0.1) is 22.9 Å².